The van der Waals surface area contributed by atoms with Gasteiger partial charge in [-0.1, -0.05) is 30.3 Å². The Labute approximate surface area is 115 Å². The fraction of sp³-hybridized carbons (Fsp3) is 0.500. The van der Waals surface area contributed by atoms with Crippen LogP contribution in [0.15, 0.2) is 30.3 Å². The lowest BCUT2D eigenvalue weighted by Gasteiger charge is -2.26. The van der Waals surface area contributed by atoms with Gasteiger partial charge < -0.3 is 0 Å². The summed E-state index contributed by atoms with van der Waals surface area (Å²) in [6.45, 7) is 1.85. The fourth-order valence-electron chi connectivity index (χ4n) is 2.82. The van der Waals surface area contributed by atoms with Crippen molar-refractivity contribution in [2.24, 2.45) is 5.92 Å². The summed E-state index contributed by atoms with van der Waals surface area (Å²) in [6, 6.07) is 15.4. The van der Waals surface area contributed by atoms with Gasteiger partial charge in [-0.3, -0.25) is 4.90 Å². The minimum atomic E-state index is -0.0241. The van der Waals surface area contributed by atoms with Crippen LogP contribution in [0.25, 0.3) is 0 Å². The molecule has 19 heavy (non-hydrogen) atoms. The SMILES string of the molecule is N#CCC[C@@H](C#N)CN1CCC[C@H]1c1ccccc1. The highest BCUT2D eigenvalue weighted by Crippen LogP contribution is 2.32. The van der Waals surface area contributed by atoms with E-state index in [1.54, 1.807) is 0 Å². The Morgan fingerprint density at radius 2 is 2.05 bits per heavy atom. The first-order valence-corrected chi connectivity index (χ1v) is 6.90. The van der Waals surface area contributed by atoms with Crippen molar-refractivity contribution in [1.29, 1.82) is 10.5 Å². The summed E-state index contributed by atoms with van der Waals surface area (Å²) < 4.78 is 0. The number of hydrogen-bond donors (Lipinski definition) is 0. The van der Waals surface area contributed by atoms with Crippen LogP contribution in [0.1, 0.15) is 37.3 Å². The molecule has 1 aliphatic heterocycles. The number of rotatable bonds is 5. The van der Waals surface area contributed by atoms with Gasteiger partial charge in [0.15, 0.2) is 0 Å². The third-order valence-corrected chi connectivity index (χ3v) is 3.79. The maximum absolute atomic E-state index is 9.18. The van der Waals surface area contributed by atoms with Crippen LogP contribution < -0.4 is 0 Å². The molecular formula is C16H19N3. The van der Waals surface area contributed by atoms with Gasteiger partial charge in [-0.2, -0.15) is 10.5 Å². The fourth-order valence-corrected chi connectivity index (χ4v) is 2.82. The van der Waals surface area contributed by atoms with E-state index in [0.717, 1.165) is 13.1 Å². The normalized spacial score (nSPS) is 20.6. The van der Waals surface area contributed by atoms with Gasteiger partial charge in [-0.05, 0) is 31.4 Å². The predicted octanol–water partition coefficient (Wildman–Crippen LogP) is 3.27. The van der Waals surface area contributed by atoms with Gasteiger partial charge in [-0.15, -0.1) is 0 Å². The van der Waals surface area contributed by atoms with Crippen LogP contribution in [0.4, 0.5) is 0 Å². The zero-order chi connectivity index (χ0) is 13.5. The van der Waals surface area contributed by atoms with E-state index in [1.165, 1.54) is 18.4 Å². The van der Waals surface area contributed by atoms with Gasteiger partial charge >= 0.3 is 0 Å². The van der Waals surface area contributed by atoms with Gasteiger partial charge in [0.1, 0.15) is 0 Å². The lowest BCUT2D eigenvalue weighted by Crippen LogP contribution is -2.28. The molecule has 3 nitrogen and oxygen atoms in total. The number of nitrogens with zero attached hydrogens (tertiary/aromatic N) is 3. The van der Waals surface area contributed by atoms with Crippen molar-refractivity contribution in [3.8, 4) is 12.1 Å². The summed E-state index contributed by atoms with van der Waals surface area (Å²) in [5.41, 5.74) is 1.34. The lowest BCUT2D eigenvalue weighted by molar-refractivity contribution is 0.231. The minimum Gasteiger partial charge on any atom is -0.295 e. The molecule has 0 N–H and O–H groups in total. The molecule has 0 aromatic heterocycles. The van der Waals surface area contributed by atoms with Crippen LogP contribution in [-0.2, 0) is 0 Å². The van der Waals surface area contributed by atoms with E-state index in [2.05, 4.69) is 41.3 Å². The molecule has 1 heterocycles. The Kier molecular flexibility index (Phi) is 4.95. The topological polar surface area (TPSA) is 50.8 Å². The van der Waals surface area contributed by atoms with Gasteiger partial charge in [0, 0.05) is 19.0 Å². The average molecular weight is 253 g/mol. The molecule has 0 bridgehead atoms. The van der Waals surface area contributed by atoms with E-state index in [-0.39, 0.29) is 5.92 Å². The molecule has 3 heteroatoms. The molecule has 1 aromatic rings. The van der Waals surface area contributed by atoms with E-state index in [1.807, 2.05) is 6.07 Å². The summed E-state index contributed by atoms with van der Waals surface area (Å²) in [6.07, 6.45) is 3.52. The van der Waals surface area contributed by atoms with Crippen LogP contribution >= 0.6 is 0 Å². The average Bonchev–Trinajstić information content (AvgIpc) is 2.92. The second-order valence-corrected chi connectivity index (χ2v) is 5.09. The highest BCUT2D eigenvalue weighted by Gasteiger charge is 2.27. The molecule has 0 amide bonds. The maximum Gasteiger partial charge on any atom is 0.0669 e. The highest BCUT2D eigenvalue weighted by atomic mass is 15.2. The molecule has 0 aliphatic carbocycles. The molecule has 1 aliphatic rings. The summed E-state index contributed by atoms with van der Waals surface area (Å²) >= 11 is 0. The van der Waals surface area contributed by atoms with Crippen LogP contribution in [0.2, 0.25) is 0 Å². The Balaban J connectivity index is 1.99. The second kappa shape index (κ2) is 6.92. The maximum atomic E-state index is 9.18. The third-order valence-electron chi connectivity index (χ3n) is 3.79. The van der Waals surface area contributed by atoms with Crippen LogP contribution in [0.5, 0.6) is 0 Å². The summed E-state index contributed by atoms with van der Waals surface area (Å²) in [5.74, 6) is -0.0241. The van der Waals surface area contributed by atoms with Gasteiger partial charge in [-0.25, -0.2) is 0 Å². The van der Waals surface area contributed by atoms with Crippen molar-refractivity contribution in [1.82, 2.24) is 4.90 Å². The Morgan fingerprint density at radius 3 is 2.74 bits per heavy atom. The second-order valence-electron chi connectivity index (χ2n) is 5.09. The summed E-state index contributed by atoms with van der Waals surface area (Å²) in [7, 11) is 0. The molecule has 1 fully saturated rings. The monoisotopic (exact) mass is 253 g/mol. The first-order chi connectivity index (χ1) is 9.35. The van der Waals surface area contributed by atoms with Crippen LogP contribution in [0.3, 0.4) is 0 Å². The number of hydrogen-bond acceptors (Lipinski definition) is 3. The molecule has 98 valence electrons. The number of benzene rings is 1. The first kappa shape index (κ1) is 13.6. The van der Waals surface area contributed by atoms with E-state index in [0.29, 0.717) is 18.9 Å². The summed E-state index contributed by atoms with van der Waals surface area (Å²) in [5, 5.41) is 17.8. The zero-order valence-corrected chi connectivity index (χ0v) is 11.1. The molecule has 0 unspecified atom stereocenters. The molecule has 0 saturated carbocycles. The summed E-state index contributed by atoms with van der Waals surface area (Å²) in [4.78, 5) is 2.40. The molecule has 2 rings (SSSR count). The van der Waals surface area contributed by atoms with Crippen LogP contribution in [0, 0.1) is 28.6 Å². The Morgan fingerprint density at radius 1 is 1.26 bits per heavy atom. The number of likely N-dealkylation sites (tertiary alicyclic amines) is 1. The molecule has 1 saturated heterocycles. The smallest absolute Gasteiger partial charge is 0.0669 e. The quantitative estimate of drug-likeness (QED) is 0.809. The van der Waals surface area contributed by atoms with Gasteiger partial charge in [0.05, 0.1) is 18.1 Å². The molecule has 0 spiro atoms. The third kappa shape index (κ3) is 3.56. The standard InChI is InChI=1S/C16H19N3/c17-10-4-6-14(12-18)13-19-11-5-9-16(19)15-7-2-1-3-8-15/h1-3,7-8,14,16H,4-6,9,11,13H2/t14-,16-/m0/s1. The zero-order valence-electron chi connectivity index (χ0n) is 11.1. The van der Waals surface area contributed by atoms with E-state index < -0.39 is 0 Å². The predicted molar refractivity (Wildman–Crippen MR) is 73.9 cm³/mol. The minimum absolute atomic E-state index is 0.0241. The Bertz CT molecular complexity index is 469. The van der Waals surface area contributed by atoms with E-state index >= 15 is 0 Å². The van der Waals surface area contributed by atoms with Crippen molar-refractivity contribution < 1.29 is 0 Å². The van der Waals surface area contributed by atoms with E-state index in [9.17, 15) is 5.26 Å². The first-order valence-electron chi connectivity index (χ1n) is 6.90. The van der Waals surface area contributed by atoms with Gasteiger partial charge in [0.2, 0.25) is 0 Å². The highest BCUT2D eigenvalue weighted by molar-refractivity contribution is 5.20. The largest absolute Gasteiger partial charge is 0.295 e. The van der Waals surface area contributed by atoms with E-state index in [4.69, 9.17) is 5.26 Å². The van der Waals surface area contributed by atoms with Crippen molar-refractivity contribution >= 4 is 0 Å². The molecule has 1 aromatic carbocycles. The van der Waals surface area contributed by atoms with Crippen molar-refractivity contribution in [2.75, 3.05) is 13.1 Å². The molecular weight excluding hydrogens is 234 g/mol. The van der Waals surface area contributed by atoms with Crippen molar-refractivity contribution in [3.05, 3.63) is 35.9 Å². The van der Waals surface area contributed by atoms with Gasteiger partial charge in [0.25, 0.3) is 0 Å². The van der Waals surface area contributed by atoms with Crippen LogP contribution in [-0.4, -0.2) is 18.0 Å². The van der Waals surface area contributed by atoms with Crippen molar-refractivity contribution in [2.45, 2.75) is 31.7 Å². The van der Waals surface area contributed by atoms with Crippen molar-refractivity contribution in [3.63, 3.8) is 0 Å². The Hall–Kier alpha value is -1.84. The lowest BCUT2D eigenvalue weighted by atomic mass is 10.0. The number of nitriles is 2. The molecule has 0 radical (unpaired) electrons. The molecule has 2 atom stereocenters.